The fraction of sp³-hybridized carbons (Fsp3) is 0.833. The molecule has 1 N–H and O–H groups in total. The van der Waals surface area contributed by atoms with Crippen molar-refractivity contribution in [2.24, 2.45) is 5.92 Å². The first-order valence-corrected chi connectivity index (χ1v) is 6.22. The molecule has 2 aliphatic heterocycles. The molecule has 2 rings (SSSR count). The highest BCUT2D eigenvalue weighted by Gasteiger charge is 2.44. The minimum Gasteiger partial charge on any atom is -0.480 e. The maximum atomic E-state index is 12.3. The fourth-order valence-electron chi connectivity index (χ4n) is 2.62. The Hall–Kier alpha value is -1.14. The van der Waals surface area contributed by atoms with Gasteiger partial charge in [0, 0.05) is 26.7 Å². The number of carbonyl (C=O) groups excluding carboxylic acids is 1. The van der Waals surface area contributed by atoms with Gasteiger partial charge >= 0.3 is 5.97 Å². The third-order valence-electron chi connectivity index (χ3n) is 3.79. The van der Waals surface area contributed by atoms with E-state index in [4.69, 9.17) is 14.6 Å². The predicted molar refractivity (Wildman–Crippen MR) is 62.1 cm³/mol. The Morgan fingerprint density at radius 2 is 2.17 bits per heavy atom. The van der Waals surface area contributed by atoms with Gasteiger partial charge in [0.25, 0.3) is 5.91 Å². The number of aliphatic carboxylic acids is 1. The number of methoxy groups -OCH3 is 1. The molecule has 0 aromatic rings. The molecular weight excluding hydrogens is 238 g/mol. The maximum absolute atomic E-state index is 12.3. The first-order valence-electron chi connectivity index (χ1n) is 6.22. The third-order valence-corrected chi connectivity index (χ3v) is 3.79. The van der Waals surface area contributed by atoms with Crippen LogP contribution in [0.3, 0.4) is 0 Å². The summed E-state index contributed by atoms with van der Waals surface area (Å²) in [5.41, 5.74) is 0. The molecule has 1 amide bonds. The van der Waals surface area contributed by atoms with Crippen LogP contribution in [0.1, 0.15) is 19.8 Å². The van der Waals surface area contributed by atoms with Crippen molar-refractivity contribution < 1.29 is 24.2 Å². The first-order chi connectivity index (χ1) is 8.54. The van der Waals surface area contributed by atoms with E-state index in [1.54, 1.807) is 0 Å². The maximum Gasteiger partial charge on any atom is 0.326 e. The Kier molecular flexibility index (Phi) is 3.87. The molecule has 102 valence electrons. The largest absolute Gasteiger partial charge is 0.480 e. The Morgan fingerprint density at radius 1 is 1.44 bits per heavy atom. The van der Waals surface area contributed by atoms with Crippen LogP contribution in [-0.2, 0) is 19.1 Å². The van der Waals surface area contributed by atoms with Crippen molar-refractivity contribution in [2.75, 3.05) is 20.3 Å². The molecule has 0 saturated carbocycles. The topological polar surface area (TPSA) is 76.1 Å². The molecule has 4 unspecified atom stereocenters. The molecule has 4 atom stereocenters. The summed E-state index contributed by atoms with van der Waals surface area (Å²) in [6.07, 6.45) is 0.489. The van der Waals surface area contributed by atoms with E-state index in [0.717, 1.165) is 6.42 Å². The van der Waals surface area contributed by atoms with Gasteiger partial charge in [-0.15, -0.1) is 0 Å². The van der Waals surface area contributed by atoms with Crippen molar-refractivity contribution in [3.8, 4) is 0 Å². The van der Waals surface area contributed by atoms with Gasteiger partial charge in [-0.2, -0.15) is 0 Å². The average molecular weight is 257 g/mol. The number of likely N-dealkylation sites (tertiary alicyclic amines) is 1. The normalized spacial score (nSPS) is 36.0. The molecule has 0 aromatic carbocycles. The molecule has 18 heavy (non-hydrogen) atoms. The molecule has 0 bridgehead atoms. The molecule has 2 fully saturated rings. The van der Waals surface area contributed by atoms with E-state index in [9.17, 15) is 9.59 Å². The summed E-state index contributed by atoms with van der Waals surface area (Å²) in [4.78, 5) is 24.9. The van der Waals surface area contributed by atoms with Crippen LogP contribution in [0.4, 0.5) is 0 Å². The van der Waals surface area contributed by atoms with Gasteiger partial charge in [-0.05, 0) is 12.3 Å². The number of hydrogen-bond donors (Lipinski definition) is 1. The second-order valence-electron chi connectivity index (χ2n) is 5.00. The van der Waals surface area contributed by atoms with Gasteiger partial charge in [0.15, 0.2) is 0 Å². The van der Waals surface area contributed by atoms with Gasteiger partial charge in [0.05, 0.1) is 6.10 Å². The molecule has 6 nitrogen and oxygen atoms in total. The molecule has 2 saturated heterocycles. The fourth-order valence-corrected chi connectivity index (χ4v) is 2.62. The van der Waals surface area contributed by atoms with Crippen molar-refractivity contribution in [3.63, 3.8) is 0 Å². The van der Waals surface area contributed by atoms with E-state index in [2.05, 4.69) is 0 Å². The third kappa shape index (κ3) is 2.35. The Morgan fingerprint density at radius 3 is 2.67 bits per heavy atom. The van der Waals surface area contributed by atoms with Gasteiger partial charge in [0.2, 0.25) is 0 Å². The van der Waals surface area contributed by atoms with Crippen LogP contribution in [0.15, 0.2) is 0 Å². The summed E-state index contributed by atoms with van der Waals surface area (Å²) in [7, 11) is 1.53. The summed E-state index contributed by atoms with van der Waals surface area (Å²) < 4.78 is 10.6. The number of carboxylic acid groups (broad SMARTS) is 1. The van der Waals surface area contributed by atoms with Crippen molar-refractivity contribution in [1.82, 2.24) is 4.90 Å². The van der Waals surface area contributed by atoms with Crippen LogP contribution in [0, 0.1) is 5.92 Å². The number of nitrogens with zero attached hydrogens (tertiary/aromatic N) is 1. The second-order valence-corrected chi connectivity index (χ2v) is 5.00. The standard InChI is InChI=1S/C12H19NO5/c1-7-3-4-18-10(7)11(14)13-6-8(17-2)5-9(13)12(15)16/h7-10H,3-6H2,1-2H3,(H,15,16). The van der Waals surface area contributed by atoms with E-state index in [1.165, 1.54) is 12.0 Å². The lowest BCUT2D eigenvalue weighted by Gasteiger charge is -2.25. The van der Waals surface area contributed by atoms with Crippen LogP contribution in [0.5, 0.6) is 0 Å². The van der Waals surface area contributed by atoms with Gasteiger partial charge in [0.1, 0.15) is 12.1 Å². The van der Waals surface area contributed by atoms with Crippen molar-refractivity contribution in [3.05, 3.63) is 0 Å². The molecule has 2 heterocycles. The highest BCUT2D eigenvalue weighted by molar-refractivity contribution is 5.87. The van der Waals surface area contributed by atoms with E-state index < -0.39 is 18.1 Å². The molecule has 2 aliphatic rings. The lowest BCUT2D eigenvalue weighted by atomic mass is 10.0. The van der Waals surface area contributed by atoms with Gasteiger partial charge in [-0.3, -0.25) is 4.79 Å². The number of carboxylic acids is 1. The van der Waals surface area contributed by atoms with E-state index in [-0.39, 0.29) is 17.9 Å². The Labute approximate surface area is 106 Å². The number of hydrogen-bond acceptors (Lipinski definition) is 4. The smallest absolute Gasteiger partial charge is 0.326 e. The van der Waals surface area contributed by atoms with Gasteiger partial charge < -0.3 is 19.5 Å². The minimum absolute atomic E-state index is 0.147. The number of ether oxygens (including phenoxy) is 2. The Balaban J connectivity index is 2.10. The first kappa shape index (κ1) is 13.3. The summed E-state index contributed by atoms with van der Waals surface area (Å²) in [6.45, 7) is 2.85. The summed E-state index contributed by atoms with van der Waals surface area (Å²) in [5, 5.41) is 9.16. The van der Waals surface area contributed by atoms with Crippen molar-refractivity contribution in [1.29, 1.82) is 0 Å². The van der Waals surface area contributed by atoms with Crippen LogP contribution >= 0.6 is 0 Å². The van der Waals surface area contributed by atoms with Crippen LogP contribution in [0.2, 0.25) is 0 Å². The summed E-state index contributed by atoms with van der Waals surface area (Å²) in [6, 6.07) is -0.793. The summed E-state index contributed by atoms with van der Waals surface area (Å²) in [5.74, 6) is -1.05. The molecule has 0 spiro atoms. The zero-order valence-electron chi connectivity index (χ0n) is 10.7. The molecular formula is C12H19NO5. The molecule has 0 aromatic heterocycles. The molecule has 0 aliphatic carbocycles. The lowest BCUT2D eigenvalue weighted by Crippen LogP contribution is -2.46. The van der Waals surface area contributed by atoms with Crippen LogP contribution in [0.25, 0.3) is 0 Å². The van der Waals surface area contributed by atoms with Gasteiger partial charge in [-0.1, -0.05) is 6.92 Å². The summed E-state index contributed by atoms with van der Waals surface area (Å²) >= 11 is 0. The molecule has 6 heteroatoms. The second kappa shape index (κ2) is 5.24. The SMILES string of the molecule is COC1CC(C(=O)O)N(C(=O)C2OCCC2C)C1. The van der Waals surface area contributed by atoms with E-state index >= 15 is 0 Å². The van der Waals surface area contributed by atoms with E-state index in [1.807, 2.05) is 6.92 Å². The zero-order chi connectivity index (χ0) is 13.3. The minimum atomic E-state index is -0.978. The van der Waals surface area contributed by atoms with Gasteiger partial charge in [-0.25, -0.2) is 4.79 Å². The highest BCUT2D eigenvalue weighted by atomic mass is 16.5. The number of amides is 1. The van der Waals surface area contributed by atoms with Crippen LogP contribution in [-0.4, -0.2) is 60.4 Å². The number of carbonyl (C=O) groups is 2. The average Bonchev–Trinajstić information content (AvgIpc) is 2.93. The van der Waals surface area contributed by atoms with Crippen molar-refractivity contribution >= 4 is 11.9 Å². The zero-order valence-corrected chi connectivity index (χ0v) is 10.7. The van der Waals surface area contributed by atoms with Crippen LogP contribution < -0.4 is 0 Å². The molecule has 0 radical (unpaired) electrons. The monoisotopic (exact) mass is 257 g/mol. The predicted octanol–water partition coefficient (Wildman–Crippen LogP) is 0.112. The number of rotatable bonds is 3. The van der Waals surface area contributed by atoms with Crippen molar-refractivity contribution in [2.45, 2.75) is 38.0 Å². The van der Waals surface area contributed by atoms with E-state index in [0.29, 0.717) is 19.6 Å². The quantitative estimate of drug-likeness (QED) is 0.776. The lowest BCUT2D eigenvalue weighted by molar-refractivity contribution is -0.153. The highest BCUT2D eigenvalue weighted by Crippen LogP contribution is 2.27. The Bertz CT molecular complexity index is 345.